The minimum absolute atomic E-state index is 0.0944. The van der Waals surface area contributed by atoms with Crippen molar-refractivity contribution in [2.24, 2.45) is 0 Å². The van der Waals surface area contributed by atoms with Gasteiger partial charge in [0.1, 0.15) is 5.69 Å². The molecule has 27 heavy (non-hydrogen) atoms. The van der Waals surface area contributed by atoms with Crippen LogP contribution in [-0.2, 0) is 11.2 Å². The van der Waals surface area contributed by atoms with Gasteiger partial charge in [0.15, 0.2) is 0 Å². The lowest BCUT2D eigenvalue weighted by Gasteiger charge is -2.34. The van der Waals surface area contributed by atoms with Gasteiger partial charge in [0.25, 0.3) is 5.91 Å². The van der Waals surface area contributed by atoms with Gasteiger partial charge >= 0.3 is 0 Å². The summed E-state index contributed by atoms with van der Waals surface area (Å²) < 4.78 is 0. The van der Waals surface area contributed by atoms with Crippen LogP contribution in [0.4, 0.5) is 0 Å². The third-order valence-corrected chi connectivity index (χ3v) is 5.47. The van der Waals surface area contributed by atoms with Crippen molar-refractivity contribution < 1.29 is 9.59 Å². The zero-order valence-corrected chi connectivity index (χ0v) is 15.5. The first kappa shape index (κ1) is 17.4. The normalized spacial score (nSPS) is 14.4. The quantitative estimate of drug-likeness (QED) is 0.750. The number of amides is 2. The van der Waals surface area contributed by atoms with E-state index < -0.39 is 0 Å². The van der Waals surface area contributed by atoms with Crippen molar-refractivity contribution >= 4 is 23.2 Å². The minimum Gasteiger partial charge on any atom is -0.339 e. The van der Waals surface area contributed by atoms with Gasteiger partial charge < -0.3 is 9.80 Å². The number of carbonyl (C=O) groups is 2. The summed E-state index contributed by atoms with van der Waals surface area (Å²) in [4.78, 5) is 33.8. The van der Waals surface area contributed by atoms with Gasteiger partial charge in [-0.15, -0.1) is 11.3 Å². The molecule has 138 valence electrons. The fraction of sp³-hybridized carbons (Fsp3) is 0.263. The van der Waals surface area contributed by atoms with Crippen molar-refractivity contribution in [1.82, 2.24) is 25.0 Å². The summed E-state index contributed by atoms with van der Waals surface area (Å²) in [5, 5.41) is 9.00. The lowest BCUT2D eigenvalue weighted by molar-refractivity contribution is -0.131. The van der Waals surface area contributed by atoms with Crippen LogP contribution >= 0.6 is 11.3 Å². The molecule has 7 nitrogen and oxygen atoms in total. The van der Waals surface area contributed by atoms with Crippen LogP contribution < -0.4 is 0 Å². The first-order valence-corrected chi connectivity index (χ1v) is 9.64. The Hall–Kier alpha value is -3.00. The molecular weight excluding hydrogens is 362 g/mol. The van der Waals surface area contributed by atoms with Gasteiger partial charge in [-0.3, -0.25) is 19.7 Å². The maximum absolute atomic E-state index is 12.7. The largest absolute Gasteiger partial charge is 0.339 e. The van der Waals surface area contributed by atoms with Crippen LogP contribution in [0.5, 0.6) is 0 Å². The van der Waals surface area contributed by atoms with Crippen molar-refractivity contribution in [3.05, 3.63) is 58.7 Å². The third-order valence-electron chi connectivity index (χ3n) is 4.59. The molecule has 0 spiro atoms. The molecule has 3 aromatic rings. The maximum Gasteiger partial charge on any atom is 0.272 e. The zero-order valence-electron chi connectivity index (χ0n) is 14.7. The van der Waals surface area contributed by atoms with Gasteiger partial charge in [-0.1, -0.05) is 6.07 Å². The van der Waals surface area contributed by atoms with Crippen LogP contribution in [0.1, 0.15) is 15.4 Å². The predicted octanol–water partition coefficient (Wildman–Crippen LogP) is 2.06. The number of carbonyl (C=O) groups excluding carboxylic acids is 2. The number of aromatic nitrogens is 3. The molecule has 4 heterocycles. The molecular formula is C19H19N5O2S. The molecule has 1 aliphatic heterocycles. The number of pyridine rings is 1. The van der Waals surface area contributed by atoms with Crippen molar-refractivity contribution in [3.63, 3.8) is 0 Å². The minimum atomic E-state index is -0.0944. The van der Waals surface area contributed by atoms with E-state index in [1.165, 1.54) is 0 Å². The second-order valence-electron chi connectivity index (χ2n) is 6.34. The summed E-state index contributed by atoms with van der Waals surface area (Å²) in [6, 6.07) is 9.40. The van der Waals surface area contributed by atoms with E-state index in [1.54, 1.807) is 34.7 Å². The Morgan fingerprint density at radius 2 is 1.93 bits per heavy atom. The van der Waals surface area contributed by atoms with E-state index in [1.807, 2.05) is 34.5 Å². The third kappa shape index (κ3) is 3.90. The second kappa shape index (κ2) is 7.71. The molecule has 0 aromatic carbocycles. The molecule has 0 unspecified atom stereocenters. The van der Waals surface area contributed by atoms with E-state index in [0.29, 0.717) is 44.0 Å². The first-order chi connectivity index (χ1) is 13.2. The number of H-pyrrole nitrogens is 1. The van der Waals surface area contributed by atoms with Crippen molar-refractivity contribution in [2.45, 2.75) is 6.42 Å². The lowest BCUT2D eigenvalue weighted by Crippen LogP contribution is -2.51. The number of aromatic amines is 1. The van der Waals surface area contributed by atoms with E-state index in [9.17, 15) is 9.59 Å². The summed E-state index contributed by atoms with van der Waals surface area (Å²) in [7, 11) is 0. The van der Waals surface area contributed by atoms with E-state index in [-0.39, 0.29) is 11.8 Å². The smallest absolute Gasteiger partial charge is 0.272 e. The molecule has 4 rings (SSSR count). The Morgan fingerprint density at radius 3 is 2.63 bits per heavy atom. The van der Waals surface area contributed by atoms with Crippen molar-refractivity contribution in [2.75, 3.05) is 26.2 Å². The molecule has 1 aliphatic rings. The summed E-state index contributed by atoms with van der Waals surface area (Å²) in [5.41, 5.74) is 2.00. The molecule has 1 saturated heterocycles. The summed E-state index contributed by atoms with van der Waals surface area (Å²) in [6.45, 7) is 2.16. The van der Waals surface area contributed by atoms with Crippen molar-refractivity contribution in [1.29, 1.82) is 0 Å². The summed E-state index contributed by atoms with van der Waals surface area (Å²) in [6.07, 6.45) is 3.84. The Labute approximate surface area is 160 Å². The summed E-state index contributed by atoms with van der Waals surface area (Å²) >= 11 is 1.59. The van der Waals surface area contributed by atoms with Gasteiger partial charge in [-0.05, 0) is 29.6 Å². The number of nitrogens with one attached hydrogen (secondary N) is 1. The number of hydrogen-bond acceptors (Lipinski definition) is 5. The second-order valence-corrected chi connectivity index (χ2v) is 7.37. The van der Waals surface area contributed by atoms with Gasteiger partial charge in [0.05, 0.1) is 12.1 Å². The van der Waals surface area contributed by atoms with E-state index in [0.717, 1.165) is 10.4 Å². The predicted molar refractivity (Wildman–Crippen MR) is 102 cm³/mol. The first-order valence-electron chi connectivity index (χ1n) is 8.76. The van der Waals surface area contributed by atoms with Crippen LogP contribution in [0.3, 0.4) is 0 Å². The molecule has 1 N–H and O–H groups in total. The Morgan fingerprint density at radius 1 is 1.11 bits per heavy atom. The molecule has 0 atom stereocenters. The Balaban J connectivity index is 1.35. The molecule has 0 bridgehead atoms. The fourth-order valence-corrected chi connectivity index (χ4v) is 3.79. The van der Waals surface area contributed by atoms with Crippen LogP contribution in [0, 0.1) is 0 Å². The van der Waals surface area contributed by atoms with E-state index in [2.05, 4.69) is 15.2 Å². The SMILES string of the molecule is O=C(Cc1cccs1)N1CCN(C(=O)c2cc(-c3cccnc3)n[nH]2)CC1. The molecule has 2 amide bonds. The highest BCUT2D eigenvalue weighted by Crippen LogP contribution is 2.18. The topological polar surface area (TPSA) is 82.2 Å². The standard InChI is InChI=1S/C19H19N5O2S/c25-18(11-15-4-2-10-27-15)23-6-8-24(9-7-23)19(26)17-12-16(21-22-17)14-3-1-5-20-13-14/h1-5,10,12-13H,6-9,11H2,(H,21,22). The Kier molecular flexibility index (Phi) is 4.97. The highest BCUT2D eigenvalue weighted by Gasteiger charge is 2.26. The number of hydrogen-bond donors (Lipinski definition) is 1. The molecule has 8 heteroatoms. The average Bonchev–Trinajstić information content (AvgIpc) is 3.40. The fourth-order valence-electron chi connectivity index (χ4n) is 3.10. The van der Waals surface area contributed by atoms with Gasteiger partial charge in [-0.2, -0.15) is 5.10 Å². The number of nitrogens with zero attached hydrogens (tertiary/aromatic N) is 4. The monoisotopic (exact) mass is 381 g/mol. The van der Waals surface area contributed by atoms with Crippen LogP contribution in [0.15, 0.2) is 48.1 Å². The van der Waals surface area contributed by atoms with E-state index >= 15 is 0 Å². The number of thiophene rings is 1. The molecule has 0 radical (unpaired) electrons. The molecule has 0 aliphatic carbocycles. The molecule has 1 fully saturated rings. The van der Waals surface area contributed by atoms with Crippen molar-refractivity contribution in [3.8, 4) is 11.3 Å². The van der Waals surface area contributed by atoms with Crippen LogP contribution in [-0.4, -0.2) is 63.0 Å². The zero-order chi connectivity index (χ0) is 18.6. The lowest BCUT2D eigenvalue weighted by atomic mass is 10.2. The van der Waals surface area contributed by atoms with E-state index in [4.69, 9.17) is 0 Å². The van der Waals surface area contributed by atoms with Crippen LogP contribution in [0.2, 0.25) is 0 Å². The molecule has 0 saturated carbocycles. The average molecular weight is 381 g/mol. The Bertz CT molecular complexity index is 915. The van der Waals surface area contributed by atoms with Gasteiger partial charge in [0, 0.05) is 49.0 Å². The summed E-state index contributed by atoms with van der Waals surface area (Å²) in [5.74, 6) is 0.0212. The molecule has 3 aromatic heterocycles. The van der Waals surface area contributed by atoms with Gasteiger partial charge in [0.2, 0.25) is 5.91 Å². The van der Waals surface area contributed by atoms with Gasteiger partial charge in [-0.25, -0.2) is 0 Å². The number of piperazine rings is 1. The highest BCUT2D eigenvalue weighted by molar-refractivity contribution is 7.10. The number of rotatable bonds is 4. The maximum atomic E-state index is 12.7. The van der Waals surface area contributed by atoms with Crippen LogP contribution in [0.25, 0.3) is 11.3 Å². The highest BCUT2D eigenvalue weighted by atomic mass is 32.1.